The van der Waals surface area contributed by atoms with Crippen LogP contribution in [0.2, 0.25) is 5.02 Å². The van der Waals surface area contributed by atoms with E-state index in [1.165, 1.54) is 4.90 Å². The first-order valence-corrected chi connectivity index (χ1v) is 10.8. The van der Waals surface area contributed by atoms with Gasteiger partial charge in [-0.25, -0.2) is 4.99 Å². The number of rotatable bonds is 3. The number of hydrogen-bond donors (Lipinski definition) is 1. The third kappa shape index (κ3) is 4.16. The van der Waals surface area contributed by atoms with Gasteiger partial charge in [0.05, 0.1) is 0 Å². The number of guanidine groups is 1. The van der Waals surface area contributed by atoms with E-state index < -0.39 is 17.2 Å². The number of aliphatic imine (C=N–C) groups is 1. The molecule has 5 rings (SSSR count). The lowest BCUT2D eigenvalue weighted by atomic mass is 10.1. The van der Waals surface area contributed by atoms with Crippen LogP contribution < -0.4 is 10.2 Å². The molecule has 2 aromatic carbocycles. The van der Waals surface area contributed by atoms with Crippen LogP contribution in [0.25, 0.3) is 11.1 Å². The maximum Gasteiger partial charge on any atom is 0.445 e. The van der Waals surface area contributed by atoms with Crippen LogP contribution in [-0.2, 0) is 6.18 Å². The topological polar surface area (TPSA) is 79.4 Å². The molecule has 1 N–H and O–H groups in total. The summed E-state index contributed by atoms with van der Waals surface area (Å²) in [6.45, 7) is 1.74. The fourth-order valence-corrected chi connectivity index (χ4v) is 4.36. The standard InChI is InChI=1S/C21H14ClF3N6OS/c1-11-10-15(12-6-2-3-7-13(12)22)26-18(28-19-27-14-8-4-5-9-16(14)32-19)31(11)20-30-29-17(33-20)21(23,24)25/h2-10,15H,1H3,(H,26,27,28). The van der Waals surface area contributed by atoms with Crippen molar-refractivity contribution in [3.8, 4) is 0 Å². The molecule has 2 aromatic heterocycles. The van der Waals surface area contributed by atoms with Gasteiger partial charge in [0.2, 0.25) is 16.1 Å². The van der Waals surface area contributed by atoms with Crippen LogP contribution in [0.15, 0.2) is 69.7 Å². The van der Waals surface area contributed by atoms with Crippen LogP contribution >= 0.6 is 22.9 Å². The van der Waals surface area contributed by atoms with E-state index in [0.717, 1.165) is 5.56 Å². The molecular weight excluding hydrogens is 477 g/mol. The molecule has 0 amide bonds. The summed E-state index contributed by atoms with van der Waals surface area (Å²) in [6.07, 6.45) is -2.82. The Labute approximate surface area is 194 Å². The molecule has 1 atom stereocenters. The quantitative estimate of drug-likeness (QED) is 0.364. The molecular formula is C21H14ClF3N6OS. The molecule has 0 spiro atoms. The molecule has 0 fully saturated rings. The zero-order valence-corrected chi connectivity index (χ0v) is 18.4. The van der Waals surface area contributed by atoms with Crippen molar-refractivity contribution in [2.45, 2.75) is 19.1 Å². The fraction of sp³-hybridized carbons (Fsp3) is 0.143. The number of oxazole rings is 1. The second-order valence-corrected chi connectivity index (χ2v) is 8.42. The number of hydrogen-bond acceptors (Lipinski definition) is 8. The summed E-state index contributed by atoms with van der Waals surface area (Å²) in [7, 11) is 0. The maximum absolute atomic E-state index is 13.1. The highest BCUT2D eigenvalue weighted by Crippen LogP contribution is 2.38. The average Bonchev–Trinajstić information content (AvgIpc) is 3.40. The number of para-hydroxylation sites is 2. The Kier molecular flexibility index (Phi) is 5.29. The van der Waals surface area contributed by atoms with Crippen molar-refractivity contribution >= 4 is 51.1 Å². The first kappa shape index (κ1) is 21.4. The second-order valence-electron chi connectivity index (χ2n) is 7.06. The molecule has 33 heavy (non-hydrogen) atoms. The van der Waals surface area contributed by atoms with Crippen LogP contribution in [0, 0.1) is 0 Å². The van der Waals surface area contributed by atoms with Gasteiger partial charge in [0.15, 0.2) is 5.58 Å². The molecule has 0 radical (unpaired) electrons. The zero-order chi connectivity index (χ0) is 23.2. The van der Waals surface area contributed by atoms with Crippen LogP contribution in [0.5, 0.6) is 0 Å². The summed E-state index contributed by atoms with van der Waals surface area (Å²) in [5, 5.41) is 9.48. The van der Waals surface area contributed by atoms with Crippen molar-refractivity contribution in [1.29, 1.82) is 0 Å². The summed E-state index contributed by atoms with van der Waals surface area (Å²) in [4.78, 5) is 10.5. The predicted octanol–water partition coefficient (Wildman–Crippen LogP) is 6.28. The lowest BCUT2D eigenvalue weighted by Gasteiger charge is -2.29. The van der Waals surface area contributed by atoms with Crippen LogP contribution in [0.4, 0.5) is 24.3 Å². The maximum atomic E-state index is 13.1. The first-order valence-electron chi connectivity index (χ1n) is 9.63. The lowest BCUT2D eigenvalue weighted by Crippen LogP contribution is -2.38. The van der Waals surface area contributed by atoms with Crippen LogP contribution in [0.3, 0.4) is 0 Å². The smallest absolute Gasteiger partial charge is 0.423 e. The van der Waals surface area contributed by atoms with E-state index in [0.29, 0.717) is 33.2 Å². The molecule has 168 valence electrons. The predicted molar refractivity (Wildman–Crippen MR) is 120 cm³/mol. The Morgan fingerprint density at radius 3 is 2.58 bits per heavy atom. The molecule has 0 bridgehead atoms. The first-order chi connectivity index (χ1) is 15.8. The normalized spacial score (nSPS) is 16.6. The van der Waals surface area contributed by atoms with Gasteiger partial charge in [-0.2, -0.15) is 18.2 Å². The number of nitrogens with zero attached hydrogens (tertiary/aromatic N) is 5. The van der Waals surface area contributed by atoms with E-state index in [9.17, 15) is 13.2 Å². The molecule has 0 aliphatic carbocycles. The Balaban J connectivity index is 1.58. The van der Waals surface area contributed by atoms with Crippen molar-refractivity contribution in [3.63, 3.8) is 0 Å². The van der Waals surface area contributed by atoms with E-state index in [2.05, 4.69) is 25.5 Å². The summed E-state index contributed by atoms with van der Waals surface area (Å²) < 4.78 is 45.2. The summed E-state index contributed by atoms with van der Waals surface area (Å²) >= 11 is 6.77. The molecule has 4 aromatic rings. The van der Waals surface area contributed by atoms with E-state index >= 15 is 0 Å². The number of benzene rings is 2. The van der Waals surface area contributed by atoms with Gasteiger partial charge in [0, 0.05) is 10.7 Å². The van der Waals surface area contributed by atoms with Gasteiger partial charge in [-0.3, -0.25) is 10.2 Å². The Bertz CT molecular complexity index is 1360. The Morgan fingerprint density at radius 1 is 1.09 bits per heavy atom. The third-order valence-corrected chi connectivity index (χ3v) is 6.11. The van der Waals surface area contributed by atoms with E-state index in [1.54, 1.807) is 37.3 Å². The SMILES string of the molecule is CC1=CC(c2ccccc2Cl)N=C(Nc2nc3ccccc3o2)N1c1nnc(C(F)(F)F)s1. The summed E-state index contributed by atoms with van der Waals surface area (Å²) in [5.74, 6) is 0.177. The Hall–Kier alpha value is -3.44. The molecule has 1 aliphatic heterocycles. The zero-order valence-electron chi connectivity index (χ0n) is 16.8. The number of nitrogens with one attached hydrogen (secondary N) is 1. The van der Waals surface area contributed by atoms with Gasteiger partial charge in [0.1, 0.15) is 11.6 Å². The number of fused-ring (bicyclic) bond motifs is 1. The largest absolute Gasteiger partial charge is 0.445 e. The van der Waals surface area contributed by atoms with Crippen molar-refractivity contribution in [2.75, 3.05) is 10.2 Å². The van der Waals surface area contributed by atoms with Crippen molar-refractivity contribution < 1.29 is 17.6 Å². The highest BCUT2D eigenvalue weighted by Gasteiger charge is 2.37. The highest BCUT2D eigenvalue weighted by atomic mass is 35.5. The van der Waals surface area contributed by atoms with Gasteiger partial charge >= 0.3 is 12.2 Å². The molecule has 7 nitrogen and oxygen atoms in total. The van der Waals surface area contributed by atoms with Crippen molar-refractivity contribution in [1.82, 2.24) is 15.2 Å². The van der Waals surface area contributed by atoms with Crippen LogP contribution in [0.1, 0.15) is 23.5 Å². The molecule has 0 saturated heterocycles. The number of alkyl halides is 3. The minimum absolute atomic E-state index is 0.00366. The lowest BCUT2D eigenvalue weighted by molar-refractivity contribution is -0.138. The molecule has 1 unspecified atom stereocenters. The fourth-order valence-electron chi connectivity index (χ4n) is 3.34. The number of aromatic nitrogens is 3. The van der Waals surface area contributed by atoms with Gasteiger partial charge < -0.3 is 4.42 Å². The minimum atomic E-state index is -4.60. The molecule has 3 heterocycles. The second kappa shape index (κ2) is 8.16. The number of anilines is 2. The average molecular weight is 491 g/mol. The van der Waals surface area contributed by atoms with Crippen LogP contribution in [-0.4, -0.2) is 21.1 Å². The Morgan fingerprint density at radius 2 is 1.85 bits per heavy atom. The summed E-state index contributed by atoms with van der Waals surface area (Å²) in [5.41, 5.74) is 2.49. The number of halogens is 4. The minimum Gasteiger partial charge on any atom is -0.423 e. The molecule has 1 aliphatic rings. The van der Waals surface area contributed by atoms with Gasteiger partial charge in [-0.1, -0.05) is 53.3 Å². The van der Waals surface area contributed by atoms with Gasteiger partial charge in [0.25, 0.3) is 0 Å². The molecule has 0 saturated carbocycles. The van der Waals surface area contributed by atoms with Crippen molar-refractivity contribution in [3.05, 3.63) is 75.9 Å². The number of allylic oxidation sites excluding steroid dienone is 1. The van der Waals surface area contributed by atoms with E-state index in [1.807, 2.05) is 24.3 Å². The van der Waals surface area contributed by atoms with Gasteiger partial charge in [-0.05, 0) is 36.8 Å². The van der Waals surface area contributed by atoms with Gasteiger partial charge in [-0.15, -0.1) is 10.2 Å². The van der Waals surface area contributed by atoms with E-state index in [-0.39, 0.29) is 17.1 Å². The third-order valence-electron chi connectivity index (χ3n) is 4.81. The van der Waals surface area contributed by atoms with Crippen molar-refractivity contribution in [2.24, 2.45) is 4.99 Å². The van der Waals surface area contributed by atoms with E-state index in [4.69, 9.17) is 16.0 Å². The molecule has 12 heteroatoms. The highest BCUT2D eigenvalue weighted by molar-refractivity contribution is 7.15. The summed E-state index contributed by atoms with van der Waals surface area (Å²) in [6, 6.07) is 14.0. The monoisotopic (exact) mass is 490 g/mol.